The van der Waals surface area contributed by atoms with Gasteiger partial charge < -0.3 is 10.2 Å². The summed E-state index contributed by atoms with van der Waals surface area (Å²) in [6, 6.07) is -0.360. The van der Waals surface area contributed by atoms with Crippen molar-refractivity contribution >= 4 is 11.8 Å². The maximum atomic E-state index is 13.4. The Bertz CT molecular complexity index is 535. The highest BCUT2D eigenvalue weighted by Gasteiger charge is 2.55. The second-order valence-electron chi connectivity index (χ2n) is 10.4. The minimum absolute atomic E-state index is 0.137. The molecule has 4 aliphatic carbocycles. The third-order valence-corrected chi connectivity index (χ3v) is 7.71. The number of carbonyl (C=O) groups is 2. The number of carbonyl (C=O) groups excluding carboxylic acids is 2. The topological polar surface area (TPSA) is 49.4 Å². The van der Waals surface area contributed by atoms with Gasteiger partial charge in [-0.25, -0.2) is 0 Å². The Hall–Kier alpha value is -1.06. The van der Waals surface area contributed by atoms with E-state index in [0.717, 1.165) is 56.5 Å². The lowest BCUT2D eigenvalue weighted by Crippen LogP contribution is -2.59. The molecule has 26 heavy (non-hydrogen) atoms. The SMILES string of the molecule is CC(C)[C@@H](NC(=O)C12CC3CC(CC(C3)C1)C2)C(=O)N1CCC[C@@H](C)C1. The van der Waals surface area contributed by atoms with Gasteiger partial charge in [0.15, 0.2) is 0 Å². The van der Waals surface area contributed by atoms with Crippen LogP contribution in [0.1, 0.15) is 72.1 Å². The van der Waals surface area contributed by atoms with Crippen LogP contribution in [0.5, 0.6) is 0 Å². The molecule has 2 atom stereocenters. The molecule has 5 aliphatic rings. The van der Waals surface area contributed by atoms with E-state index < -0.39 is 0 Å². The van der Waals surface area contributed by atoms with Crippen molar-refractivity contribution in [1.29, 1.82) is 0 Å². The average molecular weight is 361 g/mol. The summed E-state index contributed by atoms with van der Waals surface area (Å²) in [7, 11) is 0. The molecule has 2 amide bonds. The Morgan fingerprint density at radius 2 is 1.62 bits per heavy atom. The van der Waals surface area contributed by atoms with Crippen molar-refractivity contribution in [2.45, 2.75) is 78.2 Å². The molecule has 4 heteroatoms. The molecule has 0 aromatic heterocycles. The van der Waals surface area contributed by atoms with Gasteiger partial charge in [-0.3, -0.25) is 9.59 Å². The number of hydrogen-bond donors (Lipinski definition) is 1. The fourth-order valence-electron chi connectivity index (χ4n) is 6.78. The smallest absolute Gasteiger partial charge is 0.245 e. The first-order valence-corrected chi connectivity index (χ1v) is 11.0. The summed E-state index contributed by atoms with van der Waals surface area (Å²) in [5, 5.41) is 3.26. The number of piperidine rings is 1. The Labute approximate surface area is 158 Å². The van der Waals surface area contributed by atoms with Crippen LogP contribution >= 0.6 is 0 Å². The van der Waals surface area contributed by atoms with Crippen LogP contribution in [0.2, 0.25) is 0 Å². The number of hydrogen-bond acceptors (Lipinski definition) is 2. The third-order valence-electron chi connectivity index (χ3n) is 7.71. The minimum Gasteiger partial charge on any atom is -0.344 e. The van der Waals surface area contributed by atoms with Gasteiger partial charge in [0.05, 0.1) is 0 Å². The third kappa shape index (κ3) is 3.29. The molecule has 4 saturated carbocycles. The lowest BCUT2D eigenvalue weighted by molar-refractivity contribution is -0.151. The van der Waals surface area contributed by atoms with E-state index in [2.05, 4.69) is 26.1 Å². The van der Waals surface area contributed by atoms with Crippen LogP contribution in [0.4, 0.5) is 0 Å². The molecule has 1 N–H and O–H groups in total. The molecule has 0 aromatic rings. The molecule has 4 bridgehead atoms. The van der Waals surface area contributed by atoms with Gasteiger partial charge in [-0.1, -0.05) is 20.8 Å². The van der Waals surface area contributed by atoms with Crippen LogP contribution in [0.15, 0.2) is 0 Å². The molecule has 0 unspecified atom stereocenters. The van der Waals surface area contributed by atoms with Crippen LogP contribution in [0.3, 0.4) is 0 Å². The van der Waals surface area contributed by atoms with Crippen LogP contribution in [-0.2, 0) is 9.59 Å². The molecule has 0 spiro atoms. The highest BCUT2D eigenvalue weighted by atomic mass is 16.2. The van der Waals surface area contributed by atoms with Crippen molar-refractivity contribution in [3.63, 3.8) is 0 Å². The number of nitrogens with zero attached hydrogens (tertiary/aromatic N) is 1. The van der Waals surface area contributed by atoms with Crippen molar-refractivity contribution in [3.8, 4) is 0 Å². The molecule has 5 fully saturated rings. The number of rotatable bonds is 4. The number of amides is 2. The molecular formula is C22H36N2O2. The first kappa shape index (κ1) is 18.3. The summed E-state index contributed by atoms with van der Waals surface area (Å²) in [5.74, 6) is 3.30. The quantitative estimate of drug-likeness (QED) is 0.833. The van der Waals surface area contributed by atoms with Gasteiger partial charge in [-0.2, -0.15) is 0 Å². The van der Waals surface area contributed by atoms with Crippen LogP contribution in [-0.4, -0.2) is 35.8 Å². The van der Waals surface area contributed by atoms with Gasteiger partial charge in [0, 0.05) is 18.5 Å². The average Bonchev–Trinajstić information content (AvgIpc) is 2.57. The molecule has 146 valence electrons. The molecular weight excluding hydrogens is 324 g/mol. The predicted molar refractivity (Wildman–Crippen MR) is 102 cm³/mol. The van der Waals surface area contributed by atoms with Gasteiger partial charge in [0.2, 0.25) is 11.8 Å². The number of likely N-dealkylation sites (tertiary alicyclic amines) is 1. The maximum Gasteiger partial charge on any atom is 0.245 e. The first-order valence-electron chi connectivity index (χ1n) is 11.0. The van der Waals surface area contributed by atoms with E-state index in [0.29, 0.717) is 5.92 Å². The monoisotopic (exact) mass is 360 g/mol. The fourth-order valence-corrected chi connectivity index (χ4v) is 6.78. The van der Waals surface area contributed by atoms with Crippen LogP contribution in [0.25, 0.3) is 0 Å². The van der Waals surface area contributed by atoms with E-state index in [4.69, 9.17) is 0 Å². The Kier molecular flexibility index (Phi) is 4.81. The van der Waals surface area contributed by atoms with E-state index in [9.17, 15) is 9.59 Å². The zero-order chi connectivity index (χ0) is 18.5. The second kappa shape index (κ2) is 6.83. The number of nitrogens with one attached hydrogen (secondary N) is 1. The van der Waals surface area contributed by atoms with E-state index >= 15 is 0 Å². The van der Waals surface area contributed by atoms with Gasteiger partial charge >= 0.3 is 0 Å². The normalized spacial score (nSPS) is 39.9. The van der Waals surface area contributed by atoms with Crippen molar-refractivity contribution in [2.24, 2.45) is 35.0 Å². The molecule has 1 heterocycles. The van der Waals surface area contributed by atoms with Gasteiger partial charge in [-0.15, -0.1) is 0 Å². The summed E-state index contributed by atoms with van der Waals surface area (Å²) in [4.78, 5) is 28.5. The molecule has 5 rings (SSSR count). The van der Waals surface area contributed by atoms with Gasteiger partial charge in [0.25, 0.3) is 0 Å². The first-order chi connectivity index (χ1) is 12.4. The largest absolute Gasteiger partial charge is 0.344 e. The predicted octanol–water partition coefficient (Wildman–Crippen LogP) is 3.60. The zero-order valence-electron chi connectivity index (χ0n) is 16.8. The summed E-state index contributed by atoms with van der Waals surface area (Å²) < 4.78 is 0. The van der Waals surface area contributed by atoms with Crippen molar-refractivity contribution in [2.75, 3.05) is 13.1 Å². The summed E-state index contributed by atoms with van der Waals surface area (Å²) in [6.07, 6.45) is 9.48. The van der Waals surface area contributed by atoms with E-state index in [-0.39, 0.29) is 29.2 Å². The molecule has 1 aliphatic heterocycles. The molecule has 4 nitrogen and oxygen atoms in total. The van der Waals surface area contributed by atoms with Crippen molar-refractivity contribution < 1.29 is 9.59 Å². The standard InChI is InChI=1S/C22H36N2O2/c1-14(2)19(20(25)24-6-4-5-15(3)13-24)23-21(26)22-10-16-7-17(11-22)9-18(8-16)12-22/h14-19H,4-13H2,1-3H3,(H,23,26)/t15-,16?,17?,18?,19-,22?/m1/s1. The Morgan fingerprint density at radius 1 is 1.04 bits per heavy atom. The van der Waals surface area contributed by atoms with Crippen molar-refractivity contribution in [3.05, 3.63) is 0 Å². The van der Waals surface area contributed by atoms with E-state index in [1.807, 2.05) is 4.90 Å². The zero-order valence-corrected chi connectivity index (χ0v) is 16.8. The van der Waals surface area contributed by atoms with Gasteiger partial charge in [0.1, 0.15) is 6.04 Å². The molecule has 0 radical (unpaired) electrons. The van der Waals surface area contributed by atoms with Crippen LogP contribution < -0.4 is 5.32 Å². The molecule has 0 aromatic carbocycles. The fraction of sp³-hybridized carbons (Fsp3) is 0.909. The Balaban J connectivity index is 1.46. The second-order valence-corrected chi connectivity index (χ2v) is 10.4. The summed E-state index contributed by atoms with van der Waals surface area (Å²) in [5.41, 5.74) is -0.169. The minimum atomic E-state index is -0.360. The van der Waals surface area contributed by atoms with E-state index in [1.54, 1.807) is 0 Å². The van der Waals surface area contributed by atoms with Gasteiger partial charge in [-0.05, 0) is 81.0 Å². The Morgan fingerprint density at radius 3 is 2.12 bits per heavy atom. The lowest BCUT2D eigenvalue weighted by atomic mass is 9.49. The highest BCUT2D eigenvalue weighted by Crippen LogP contribution is 2.60. The maximum absolute atomic E-state index is 13.4. The van der Waals surface area contributed by atoms with Crippen LogP contribution in [0, 0.1) is 35.0 Å². The molecule has 1 saturated heterocycles. The summed E-state index contributed by atoms with van der Waals surface area (Å²) >= 11 is 0. The van der Waals surface area contributed by atoms with Crippen molar-refractivity contribution in [1.82, 2.24) is 10.2 Å². The summed E-state index contributed by atoms with van der Waals surface area (Å²) in [6.45, 7) is 8.04. The lowest BCUT2D eigenvalue weighted by Gasteiger charge is -2.56. The van der Waals surface area contributed by atoms with E-state index in [1.165, 1.54) is 25.7 Å². The highest BCUT2D eigenvalue weighted by molar-refractivity contribution is 5.90.